The molecule has 2 aliphatic rings. The molecule has 0 saturated carbocycles. The molecule has 0 radical (unpaired) electrons. The van der Waals surface area contributed by atoms with Gasteiger partial charge in [0, 0.05) is 22.3 Å². The molecule has 1 amide bonds. The van der Waals surface area contributed by atoms with Gasteiger partial charge in [0.05, 0.1) is 16.5 Å². The van der Waals surface area contributed by atoms with Crippen molar-refractivity contribution in [3.63, 3.8) is 0 Å². The van der Waals surface area contributed by atoms with E-state index in [1.165, 1.54) is 23.9 Å². The summed E-state index contributed by atoms with van der Waals surface area (Å²) < 4.78 is 0. The lowest BCUT2D eigenvalue weighted by Gasteiger charge is -2.40. The van der Waals surface area contributed by atoms with Crippen molar-refractivity contribution in [1.29, 1.82) is 0 Å². The van der Waals surface area contributed by atoms with Gasteiger partial charge in [-0.2, -0.15) is 0 Å². The van der Waals surface area contributed by atoms with E-state index in [1.807, 2.05) is 38.1 Å². The lowest BCUT2D eigenvalue weighted by atomic mass is 9.67. The Bertz CT molecular complexity index is 1070. The Morgan fingerprint density at radius 3 is 2.69 bits per heavy atom. The van der Waals surface area contributed by atoms with Crippen LogP contribution in [0.1, 0.15) is 20.3 Å². The van der Waals surface area contributed by atoms with Gasteiger partial charge in [-0.1, -0.05) is 43.8 Å². The van der Waals surface area contributed by atoms with E-state index in [-0.39, 0.29) is 11.5 Å². The van der Waals surface area contributed by atoms with Crippen molar-refractivity contribution < 1.29 is 19.5 Å². The third-order valence-electron chi connectivity index (χ3n) is 5.15. The largest absolute Gasteiger partial charge is 0.508 e. The number of phenols is 1. The van der Waals surface area contributed by atoms with Gasteiger partial charge in [0.2, 0.25) is 5.78 Å². The van der Waals surface area contributed by atoms with Crippen LogP contribution in [0.4, 0.5) is 11.4 Å². The first kappa shape index (κ1) is 19.3. The van der Waals surface area contributed by atoms with Crippen molar-refractivity contribution in [1.82, 2.24) is 0 Å². The van der Waals surface area contributed by atoms with E-state index in [0.29, 0.717) is 17.0 Å². The van der Waals surface area contributed by atoms with Crippen LogP contribution in [0.5, 0.6) is 5.75 Å². The molecule has 2 aromatic rings. The van der Waals surface area contributed by atoms with Crippen molar-refractivity contribution in [2.24, 2.45) is 11.3 Å². The maximum atomic E-state index is 13.3. The summed E-state index contributed by atoms with van der Waals surface area (Å²) in [5.74, 6) is -3.06. The molecule has 1 atom stereocenters. The van der Waals surface area contributed by atoms with Gasteiger partial charge in [-0.15, -0.1) is 0 Å². The Hall–Kier alpha value is -3.06. The Labute approximate surface area is 172 Å². The Kier molecular flexibility index (Phi) is 4.70. The Morgan fingerprint density at radius 2 is 1.93 bits per heavy atom. The number of amides is 1. The average molecular weight is 408 g/mol. The fourth-order valence-corrected chi connectivity index (χ4v) is 4.86. The second kappa shape index (κ2) is 7.08. The van der Waals surface area contributed by atoms with Gasteiger partial charge in [0.1, 0.15) is 5.75 Å². The van der Waals surface area contributed by atoms with E-state index in [2.05, 4.69) is 10.6 Å². The minimum absolute atomic E-state index is 0.0255. The van der Waals surface area contributed by atoms with Crippen molar-refractivity contribution in [3.05, 3.63) is 59.1 Å². The molecule has 1 unspecified atom stereocenters. The molecule has 0 aromatic heterocycles. The number of carbonyl (C=O) groups excluding carboxylic acids is 3. The van der Waals surface area contributed by atoms with Gasteiger partial charge >= 0.3 is 0 Å². The predicted octanol–water partition coefficient (Wildman–Crippen LogP) is 3.94. The fourth-order valence-electron chi connectivity index (χ4n) is 3.80. The highest BCUT2D eigenvalue weighted by atomic mass is 32.2. The molecule has 1 aliphatic heterocycles. The number of hydrogen-bond acceptors (Lipinski definition) is 6. The third-order valence-corrected chi connectivity index (χ3v) is 6.38. The smallest absolute Gasteiger partial charge is 0.292 e. The topological polar surface area (TPSA) is 95.5 Å². The van der Waals surface area contributed by atoms with Gasteiger partial charge in [0.25, 0.3) is 5.91 Å². The Balaban J connectivity index is 1.61. The number of fused-ring (bicyclic) bond motifs is 1. The number of allylic oxidation sites excluding steroid dienone is 2. The SMILES string of the molecule is CC1(C)CC2=C(Sc3ccccc3N2)C(=O)C1C(=O)C(=O)Nc1cccc(O)c1. The monoisotopic (exact) mass is 408 g/mol. The van der Waals surface area contributed by atoms with E-state index >= 15 is 0 Å². The van der Waals surface area contributed by atoms with Crippen LogP contribution in [0.3, 0.4) is 0 Å². The molecule has 1 aliphatic carbocycles. The molecule has 2 aromatic carbocycles. The van der Waals surface area contributed by atoms with Gasteiger partial charge in [0.15, 0.2) is 5.78 Å². The van der Waals surface area contributed by atoms with Gasteiger partial charge in [-0.05, 0) is 36.1 Å². The van der Waals surface area contributed by atoms with Crippen molar-refractivity contribution in [2.45, 2.75) is 25.2 Å². The highest BCUT2D eigenvalue weighted by Gasteiger charge is 2.49. The number of thioether (sulfide) groups is 1. The maximum Gasteiger partial charge on any atom is 0.292 e. The lowest BCUT2D eigenvalue weighted by molar-refractivity contribution is -0.144. The summed E-state index contributed by atoms with van der Waals surface area (Å²) in [5, 5.41) is 15.3. The first-order chi connectivity index (χ1) is 13.8. The summed E-state index contributed by atoms with van der Waals surface area (Å²) >= 11 is 1.34. The number of Topliss-reactive ketones (excluding diaryl/α,β-unsaturated/α-hetero) is 2. The van der Waals surface area contributed by atoms with E-state index in [0.717, 1.165) is 16.3 Å². The number of aromatic hydroxyl groups is 1. The van der Waals surface area contributed by atoms with Crippen LogP contribution >= 0.6 is 11.8 Å². The molecule has 7 heteroatoms. The number of hydrogen-bond donors (Lipinski definition) is 3. The third kappa shape index (κ3) is 3.53. The van der Waals surface area contributed by atoms with Crippen LogP contribution in [0.15, 0.2) is 64.0 Å². The average Bonchev–Trinajstić information content (AvgIpc) is 2.66. The number of nitrogens with one attached hydrogen (secondary N) is 2. The molecule has 0 fully saturated rings. The van der Waals surface area contributed by atoms with Crippen LogP contribution in [0, 0.1) is 11.3 Å². The van der Waals surface area contributed by atoms with Crippen molar-refractivity contribution in [3.8, 4) is 5.75 Å². The van der Waals surface area contributed by atoms with E-state index in [4.69, 9.17) is 0 Å². The quantitative estimate of drug-likeness (QED) is 0.526. The molecular formula is C22H20N2O4S. The minimum atomic E-state index is -1.07. The zero-order chi connectivity index (χ0) is 20.8. The predicted molar refractivity (Wildman–Crippen MR) is 112 cm³/mol. The lowest BCUT2D eigenvalue weighted by Crippen LogP contribution is -2.46. The fraction of sp³-hybridized carbons (Fsp3) is 0.227. The molecule has 6 nitrogen and oxygen atoms in total. The van der Waals surface area contributed by atoms with Crippen LogP contribution in [-0.4, -0.2) is 22.6 Å². The van der Waals surface area contributed by atoms with Crippen LogP contribution in [0.2, 0.25) is 0 Å². The number of anilines is 2. The summed E-state index contributed by atoms with van der Waals surface area (Å²) in [7, 11) is 0. The molecule has 0 spiro atoms. The molecule has 29 heavy (non-hydrogen) atoms. The van der Waals surface area contributed by atoms with Gasteiger partial charge in [-0.3, -0.25) is 14.4 Å². The number of ketones is 2. The first-order valence-corrected chi connectivity index (χ1v) is 10.0. The standard InChI is InChI=1S/C22H20N2O4S/c1-22(2)11-15-20(29-16-9-4-3-8-14(16)24-15)18(26)17(22)19(27)21(28)23-12-6-5-7-13(25)10-12/h3-10,17,24-25H,11H2,1-2H3,(H,23,28). The summed E-state index contributed by atoms with van der Waals surface area (Å²) in [6.45, 7) is 3.65. The molecule has 0 saturated heterocycles. The number of carbonyl (C=O) groups is 3. The number of para-hydroxylation sites is 1. The summed E-state index contributed by atoms with van der Waals surface area (Å²) in [6.07, 6.45) is 0.477. The molecule has 0 bridgehead atoms. The zero-order valence-corrected chi connectivity index (χ0v) is 16.8. The highest BCUT2D eigenvalue weighted by molar-refractivity contribution is 8.04. The van der Waals surface area contributed by atoms with E-state index < -0.39 is 23.0 Å². The molecule has 3 N–H and O–H groups in total. The van der Waals surface area contributed by atoms with Gasteiger partial charge in [-0.25, -0.2) is 0 Å². The van der Waals surface area contributed by atoms with E-state index in [9.17, 15) is 19.5 Å². The first-order valence-electron chi connectivity index (χ1n) is 9.22. The van der Waals surface area contributed by atoms with Crippen LogP contribution in [0.25, 0.3) is 0 Å². The summed E-state index contributed by atoms with van der Waals surface area (Å²) in [4.78, 5) is 40.2. The van der Waals surface area contributed by atoms with Crippen molar-refractivity contribution >= 4 is 40.6 Å². The Morgan fingerprint density at radius 1 is 1.17 bits per heavy atom. The molecule has 4 rings (SSSR count). The normalized spacial score (nSPS) is 19.7. The van der Waals surface area contributed by atoms with Crippen LogP contribution in [-0.2, 0) is 14.4 Å². The van der Waals surface area contributed by atoms with E-state index in [1.54, 1.807) is 12.1 Å². The number of phenolic OH excluding ortho intramolecular Hbond substituents is 1. The second-order valence-corrected chi connectivity index (χ2v) is 8.91. The summed E-state index contributed by atoms with van der Waals surface area (Å²) in [6, 6.07) is 13.6. The van der Waals surface area contributed by atoms with Gasteiger partial charge < -0.3 is 15.7 Å². The molecule has 148 valence electrons. The molecule has 1 heterocycles. The second-order valence-electron chi connectivity index (χ2n) is 7.86. The maximum absolute atomic E-state index is 13.3. The number of rotatable bonds is 3. The summed E-state index contributed by atoms with van der Waals surface area (Å²) in [5.41, 5.74) is 1.31. The molecular weight excluding hydrogens is 388 g/mol. The number of benzene rings is 2. The highest BCUT2D eigenvalue weighted by Crippen LogP contribution is 2.50. The van der Waals surface area contributed by atoms with Crippen molar-refractivity contribution in [2.75, 3.05) is 10.6 Å². The van der Waals surface area contributed by atoms with Crippen LogP contribution < -0.4 is 10.6 Å². The minimum Gasteiger partial charge on any atom is -0.508 e. The zero-order valence-electron chi connectivity index (χ0n) is 16.0.